The zero-order valence-corrected chi connectivity index (χ0v) is 10.9. The van der Waals surface area contributed by atoms with E-state index in [0.29, 0.717) is 0 Å². The van der Waals surface area contributed by atoms with Crippen molar-refractivity contribution in [2.75, 3.05) is 17.7 Å². The Kier molecular flexibility index (Phi) is 3.38. The van der Waals surface area contributed by atoms with Gasteiger partial charge in [-0.15, -0.1) is 0 Å². The molecule has 0 saturated heterocycles. The lowest BCUT2D eigenvalue weighted by molar-refractivity contribution is 1.22. The highest BCUT2D eigenvalue weighted by molar-refractivity contribution is 5.83. The Balaban J connectivity index is 2.34. The summed E-state index contributed by atoms with van der Waals surface area (Å²) in [5.74, 6) is 0. The molecule has 2 rings (SSSR count). The van der Waals surface area contributed by atoms with Crippen LogP contribution in [0.25, 0.3) is 5.70 Å². The summed E-state index contributed by atoms with van der Waals surface area (Å²) in [5, 5.41) is 0. The summed E-state index contributed by atoms with van der Waals surface area (Å²) in [6.45, 7) is 6.20. The van der Waals surface area contributed by atoms with Crippen LogP contribution in [-0.4, -0.2) is 7.05 Å². The second-order valence-corrected chi connectivity index (χ2v) is 4.43. The molecule has 2 aromatic carbocycles. The predicted molar refractivity (Wildman–Crippen MR) is 79.5 cm³/mol. The van der Waals surface area contributed by atoms with E-state index in [9.17, 15) is 0 Å². The lowest BCUT2D eigenvalue weighted by atomic mass is 10.1. The molecular weight excluding hydrogens is 220 g/mol. The maximum absolute atomic E-state index is 6.02. The molecule has 0 amide bonds. The summed E-state index contributed by atoms with van der Waals surface area (Å²) in [4.78, 5) is 2.03. The molecule has 2 aromatic rings. The standard InChI is InChI=1S/C16H18N2/c1-12-9-10-15(17)16(11-12)18(3)13(2)14-7-5-4-6-8-14/h4-11H,2,17H2,1,3H3. The zero-order chi connectivity index (χ0) is 13.1. The van der Waals surface area contributed by atoms with Crippen molar-refractivity contribution in [3.05, 3.63) is 66.2 Å². The normalized spacial score (nSPS) is 10.1. The molecule has 0 saturated carbocycles. The summed E-state index contributed by atoms with van der Waals surface area (Å²) in [7, 11) is 1.99. The fraction of sp³-hybridized carbons (Fsp3) is 0.125. The van der Waals surface area contributed by atoms with E-state index in [-0.39, 0.29) is 0 Å². The number of nitrogen functional groups attached to an aromatic ring is 1. The molecule has 0 radical (unpaired) electrons. The minimum absolute atomic E-state index is 0.764. The zero-order valence-electron chi connectivity index (χ0n) is 10.9. The molecule has 2 nitrogen and oxygen atoms in total. The lowest BCUT2D eigenvalue weighted by Crippen LogP contribution is -2.16. The van der Waals surface area contributed by atoms with Gasteiger partial charge in [0.05, 0.1) is 11.4 Å². The molecule has 18 heavy (non-hydrogen) atoms. The van der Waals surface area contributed by atoms with Gasteiger partial charge in [0.15, 0.2) is 0 Å². The Hall–Kier alpha value is -2.22. The number of hydrogen-bond donors (Lipinski definition) is 1. The smallest absolute Gasteiger partial charge is 0.0644 e. The quantitative estimate of drug-likeness (QED) is 0.826. The van der Waals surface area contributed by atoms with Gasteiger partial charge < -0.3 is 10.6 Å². The van der Waals surface area contributed by atoms with E-state index in [0.717, 1.165) is 22.6 Å². The first-order valence-electron chi connectivity index (χ1n) is 5.94. The molecule has 0 bridgehead atoms. The van der Waals surface area contributed by atoms with Gasteiger partial charge in [0.1, 0.15) is 0 Å². The topological polar surface area (TPSA) is 29.3 Å². The van der Waals surface area contributed by atoms with Gasteiger partial charge in [0, 0.05) is 12.7 Å². The summed E-state index contributed by atoms with van der Waals surface area (Å²) in [6.07, 6.45) is 0. The van der Waals surface area contributed by atoms with Crippen LogP contribution in [0.1, 0.15) is 11.1 Å². The van der Waals surface area contributed by atoms with E-state index in [2.05, 4.69) is 19.6 Å². The van der Waals surface area contributed by atoms with Gasteiger partial charge in [-0.3, -0.25) is 0 Å². The Morgan fingerprint density at radius 1 is 1.11 bits per heavy atom. The van der Waals surface area contributed by atoms with Crippen LogP contribution in [0.5, 0.6) is 0 Å². The first-order chi connectivity index (χ1) is 8.59. The fourth-order valence-corrected chi connectivity index (χ4v) is 1.91. The monoisotopic (exact) mass is 238 g/mol. The second kappa shape index (κ2) is 4.96. The highest BCUT2D eigenvalue weighted by atomic mass is 15.1. The van der Waals surface area contributed by atoms with Gasteiger partial charge in [0.2, 0.25) is 0 Å². The van der Waals surface area contributed by atoms with Gasteiger partial charge in [0.25, 0.3) is 0 Å². The Morgan fingerprint density at radius 3 is 2.44 bits per heavy atom. The van der Waals surface area contributed by atoms with Crippen LogP contribution in [-0.2, 0) is 0 Å². The molecule has 0 aliphatic rings. The third-order valence-electron chi connectivity index (χ3n) is 3.06. The van der Waals surface area contributed by atoms with Crippen molar-refractivity contribution >= 4 is 17.1 Å². The average molecular weight is 238 g/mol. The number of hydrogen-bond acceptors (Lipinski definition) is 2. The van der Waals surface area contributed by atoms with Crippen LogP contribution in [0.3, 0.4) is 0 Å². The summed E-state index contributed by atoms with van der Waals surface area (Å²) in [5.41, 5.74) is 11.0. The molecule has 0 unspecified atom stereocenters. The van der Waals surface area contributed by atoms with Crippen molar-refractivity contribution in [2.45, 2.75) is 6.92 Å². The van der Waals surface area contributed by atoms with Gasteiger partial charge >= 0.3 is 0 Å². The van der Waals surface area contributed by atoms with E-state index < -0.39 is 0 Å². The fourth-order valence-electron chi connectivity index (χ4n) is 1.91. The van der Waals surface area contributed by atoms with E-state index in [4.69, 9.17) is 5.73 Å². The Bertz CT molecular complexity index is 559. The van der Waals surface area contributed by atoms with Crippen LogP contribution in [0, 0.1) is 6.92 Å². The Labute approximate surface area is 108 Å². The molecule has 92 valence electrons. The summed E-state index contributed by atoms with van der Waals surface area (Å²) >= 11 is 0. The Morgan fingerprint density at radius 2 is 1.78 bits per heavy atom. The number of anilines is 2. The lowest BCUT2D eigenvalue weighted by Gasteiger charge is -2.24. The molecule has 2 heteroatoms. The molecular formula is C16H18N2. The van der Waals surface area contributed by atoms with Gasteiger partial charge in [-0.2, -0.15) is 0 Å². The highest BCUT2D eigenvalue weighted by Gasteiger charge is 2.10. The largest absolute Gasteiger partial charge is 0.397 e. The summed E-state index contributed by atoms with van der Waals surface area (Å²) in [6, 6.07) is 16.1. The van der Waals surface area contributed by atoms with Crippen molar-refractivity contribution in [3.63, 3.8) is 0 Å². The molecule has 0 atom stereocenters. The van der Waals surface area contributed by atoms with Crippen LogP contribution < -0.4 is 10.6 Å². The SMILES string of the molecule is C=C(c1ccccc1)N(C)c1cc(C)ccc1N. The highest BCUT2D eigenvalue weighted by Crippen LogP contribution is 2.29. The molecule has 0 spiro atoms. The minimum Gasteiger partial charge on any atom is -0.397 e. The average Bonchev–Trinajstić information content (AvgIpc) is 2.41. The van der Waals surface area contributed by atoms with Gasteiger partial charge in [-0.25, -0.2) is 0 Å². The van der Waals surface area contributed by atoms with E-state index in [1.165, 1.54) is 5.56 Å². The number of rotatable bonds is 3. The van der Waals surface area contributed by atoms with Crippen LogP contribution in [0.2, 0.25) is 0 Å². The minimum atomic E-state index is 0.764. The molecule has 0 aromatic heterocycles. The third kappa shape index (κ3) is 2.38. The molecule has 2 N–H and O–H groups in total. The summed E-state index contributed by atoms with van der Waals surface area (Å²) < 4.78 is 0. The van der Waals surface area contributed by atoms with Crippen LogP contribution >= 0.6 is 0 Å². The van der Waals surface area contributed by atoms with Crippen LogP contribution in [0.15, 0.2) is 55.1 Å². The maximum atomic E-state index is 6.02. The third-order valence-corrected chi connectivity index (χ3v) is 3.06. The number of benzene rings is 2. The van der Waals surface area contributed by atoms with E-state index in [1.807, 2.05) is 54.4 Å². The number of nitrogens with zero attached hydrogens (tertiary/aromatic N) is 1. The molecule has 0 fully saturated rings. The maximum Gasteiger partial charge on any atom is 0.0644 e. The van der Waals surface area contributed by atoms with E-state index >= 15 is 0 Å². The molecule has 0 aliphatic heterocycles. The molecule has 0 aliphatic carbocycles. The van der Waals surface area contributed by atoms with E-state index in [1.54, 1.807) is 0 Å². The number of aryl methyl sites for hydroxylation is 1. The van der Waals surface area contributed by atoms with Crippen molar-refractivity contribution < 1.29 is 0 Å². The molecule has 0 heterocycles. The first kappa shape index (κ1) is 12.2. The van der Waals surface area contributed by atoms with Crippen molar-refractivity contribution in [1.82, 2.24) is 0 Å². The number of nitrogens with two attached hydrogens (primary N) is 1. The van der Waals surface area contributed by atoms with Gasteiger partial charge in [-0.05, 0) is 30.2 Å². The predicted octanol–water partition coefficient (Wildman–Crippen LogP) is 3.68. The second-order valence-electron chi connectivity index (χ2n) is 4.43. The van der Waals surface area contributed by atoms with Crippen molar-refractivity contribution in [2.24, 2.45) is 0 Å². The van der Waals surface area contributed by atoms with Crippen molar-refractivity contribution in [1.29, 1.82) is 0 Å². The van der Waals surface area contributed by atoms with Crippen LogP contribution in [0.4, 0.5) is 11.4 Å². The van der Waals surface area contributed by atoms with Crippen molar-refractivity contribution in [3.8, 4) is 0 Å². The first-order valence-corrected chi connectivity index (χ1v) is 5.94. The van der Waals surface area contributed by atoms with Gasteiger partial charge in [-0.1, -0.05) is 43.0 Å².